The summed E-state index contributed by atoms with van der Waals surface area (Å²) < 4.78 is 0. The van der Waals surface area contributed by atoms with Crippen molar-refractivity contribution in [2.45, 2.75) is 6.17 Å². The molecule has 0 radical (unpaired) electrons. The highest BCUT2D eigenvalue weighted by atomic mass is 35.5. The second-order valence-electron chi connectivity index (χ2n) is 6.05. The molecule has 1 heterocycles. The van der Waals surface area contributed by atoms with E-state index >= 15 is 0 Å². The molecular formula is C21H16ClN3O2. The van der Waals surface area contributed by atoms with Crippen LogP contribution in [-0.2, 0) is 0 Å². The molecule has 2 N–H and O–H groups in total. The summed E-state index contributed by atoms with van der Waals surface area (Å²) in [5.74, 6) is 0.0204. The van der Waals surface area contributed by atoms with E-state index in [1.165, 1.54) is 12.1 Å². The maximum atomic E-state index is 10.2. The minimum Gasteiger partial charge on any atom is -0.507 e. The first-order valence-electron chi connectivity index (χ1n) is 8.35. The van der Waals surface area contributed by atoms with E-state index in [0.29, 0.717) is 11.4 Å². The van der Waals surface area contributed by atoms with Crippen LogP contribution < -0.4 is 4.90 Å². The van der Waals surface area contributed by atoms with Gasteiger partial charge in [-0.15, -0.1) is 0 Å². The Morgan fingerprint density at radius 2 is 1.52 bits per heavy atom. The predicted octanol–water partition coefficient (Wildman–Crippen LogP) is 4.75. The highest BCUT2D eigenvalue weighted by Gasteiger charge is 2.25. The molecule has 27 heavy (non-hydrogen) atoms. The fourth-order valence-corrected chi connectivity index (χ4v) is 3.09. The van der Waals surface area contributed by atoms with Crippen molar-refractivity contribution in [3.63, 3.8) is 0 Å². The van der Waals surface area contributed by atoms with E-state index in [2.05, 4.69) is 4.99 Å². The van der Waals surface area contributed by atoms with Crippen LogP contribution in [0.15, 0.2) is 82.8 Å². The lowest BCUT2D eigenvalue weighted by molar-refractivity contribution is 0.450. The second kappa shape index (κ2) is 7.13. The van der Waals surface area contributed by atoms with Crippen LogP contribution in [0.3, 0.4) is 0 Å². The quantitative estimate of drug-likeness (QED) is 0.692. The van der Waals surface area contributed by atoms with Crippen LogP contribution in [0, 0.1) is 0 Å². The molecule has 0 fully saturated rings. The number of rotatable bonds is 3. The van der Waals surface area contributed by atoms with Gasteiger partial charge >= 0.3 is 0 Å². The second-order valence-corrected chi connectivity index (χ2v) is 6.45. The molecule has 0 saturated carbocycles. The number of phenols is 2. The molecule has 0 aliphatic carbocycles. The minimum absolute atomic E-state index is 0.127. The number of amidine groups is 1. The van der Waals surface area contributed by atoms with Gasteiger partial charge in [0.25, 0.3) is 0 Å². The van der Waals surface area contributed by atoms with Gasteiger partial charge in [0.15, 0.2) is 12.0 Å². The van der Waals surface area contributed by atoms with Crippen LogP contribution in [-0.4, -0.2) is 22.4 Å². The average molecular weight is 378 g/mol. The van der Waals surface area contributed by atoms with E-state index in [1.807, 2.05) is 65.6 Å². The molecule has 0 amide bonds. The van der Waals surface area contributed by atoms with Gasteiger partial charge in [-0.1, -0.05) is 60.1 Å². The van der Waals surface area contributed by atoms with Gasteiger partial charge in [0.05, 0.1) is 16.9 Å². The van der Waals surface area contributed by atoms with E-state index in [4.69, 9.17) is 16.6 Å². The third-order valence-corrected chi connectivity index (χ3v) is 4.57. The summed E-state index contributed by atoms with van der Waals surface area (Å²) >= 11 is 6.00. The topological polar surface area (TPSA) is 68.4 Å². The largest absolute Gasteiger partial charge is 0.507 e. The molecule has 0 aromatic heterocycles. The summed E-state index contributed by atoms with van der Waals surface area (Å²) in [6.07, 6.45) is 1.34. The average Bonchev–Trinajstić information content (AvgIpc) is 2.71. The zero-order chi connectivity index (χ0) is 18.8. The highest BCUT2D eigenvalue weighted by molar-refractivity contribution is 6.32. The van der Waals surface area contributed by atoms with Gasteiger partial charge in [-0.3, -0.25) is 0 Å². The standard InChI is InChI=1S/C21H16ClN3O2/c22-17-11-16(18(26)12-19(17)27)20-23-13-25(15-9-5-2-6-10-15)21(24-20)14-7-3-1-4-8-14/h1-13,21,26-27H. The van der Waals surface area contributed by atoms with Gasteiger partial charge < -0.3 is 15.1 Å². The molecular weight excluding hydrogens is 362 g/mol. The maximum Gasteiger partial charge on any atom is 0.162 e. The summed E-state index contributed by atoms with van der Waals surface area (Å²) in [6, 6.07) is 22.3. The van der Waals surface area contributed by atoms with Crippen molar-refractivity contribution in [3.8, 4) is 11.5 Å². The summed E-state index contributed by atoms with van der Waals surface area (Å²) in [6.45, 7) is 0. The molecule has 3 aromatic carbocycles. The number of nitrogens with zero attached hydrogens (tertiary/aromatic N) is 3. The van der Waals surface area contributed by atoms with E-state index in [1.54, 1.807) is 6.34 Å². The zero-order valence-electron chi connectivity index (χ0n) is 14.2. The molecule has 3 aromatic rings. The van der Waals surface area contributed by atoms with Gasteiger partial charge in [-0.05, 0) is 23.8 Å². The fourth-order valence-electron chi connectivity index (χ4n) is 2.93. The first kappa shape index (κ1) is 17.1. The fraction of sp³-hybridized carbons (Fsp3) is 0.0476. The lowest BCUT2D eigenvalue weighted by atomic mass is 10.1. The highest BCUT2D eigenvalue weighted by Crippen LogP contribution is 2.35. The van der Waals surface area contributed by atoms with Crippen molar-refractivity contribution in [2.75, 3.05) is 4.90 Å². The molecule has 5 nitrogen and oxygen atoms in total. The maximum absolute atomic E-state index is 10.2. The Balaban J connectivity index is 1.81. The van der Waals surface area contributed by atoms with Crippen molar-refractivity contribution in [1.29, 1.82) is 0 Å². The third-order valence-electron chi connectivity index (χ3n) is 4.27. The number of phenolic OH excluding ortho intramolecular Hbond substituents is 2. The van der Waals surface area contributed by atoms with Gasteiger partial charge in [-0.2, -0.15) is 0 Å². The summed E-state index contributed by atoms with van der Waals surface area (Å²) in [7, 11) is 0. The van der Waals surface area contributed by atoms with Gasteiger partial charge in [-0.25, -0.2) is 9.98 Å². The number of hydrogen-bond donors (Lipinski definition) is 2. The minimum atomic E-state index is -0.354. The number of aliphatic imine (C=N–C) groups is 2. The van der Waals surface area contributed by atoms with Crippen LogP contribution in [0.2, 0.25) is 5.02 Å². The Morgan fingerprint density at radius 1 is 0.852 bits per heavy atom. The SMILES string of the molecule is Oc1cc(O)c(C2=NC(c3ccccc3)N(c3ccccc3)C=N2)cc1Cl. The normalized spacial score (nSPS) is 16.3. The molecule has 1 aliphatic rings. The molecule has 134 valence electrons. The summed E-state index contributed by atoms with van der Waals surface area (Å²) in [4.78, 5) is 11.1. The monoisotopic (exact) mass is 377 g/mol. The number of hydrogen-bond acceptors (Lipinski definition) is 5. The Bertz CT molecular complexity index is 1020. The van der Waals surface area contributed by atoms with E-state index in [9.17, 15) is 10.2 Å². The zero-order valence-corrected chi connectivity index (χ0v) is 15.0. The number of aromatic hydroxyl groups is 2. The lowest BCUT2D eigenvalue weighted by Crippen LogP contribution is -2.30. The van der Waals surface area contributed by atoms with Crippen molar-refractivity contribution in [2.24, 2.45) is 9.98 Å². The lowest BCUT2D eigenvalue weighted by Gasteiger charge is -2.30. The van der Waals surface area contributed by atoms with E-state index < -0.39 is 0 Å². The Morgan fingerprint density at radius 3 is 2.22 bits per heavy atom. The Labute approximate surface area is 161 Å². The van der Waals surface area contributed by atoms with Gasteiger partial charge in [0.2, 0.25) is 0 Å². The van der Waals surface area contributed by atoms with Crippen LogP contribution >= 0.6 is 11.6 Å². The predicted molar refractivity (Wildman–Crippen MR) is 108 cm³/mol. The number of halogens is 1. The number of benzene rings is 3. The van der Waals surface area contributed by atoms with E-state index in [0.717, 1.165) is 11.3 Å². The van der Waals surface area contributed by atoms with E-state index in [-0.39, 0.29) is 22.7 Å². The number of para-hydroxylation sites is 1. The molecule has 0 saturated heterocycles. The Hall–Kier alpha value is -3.31. The first-order valence-corrected chi connectivity index (χ1v) is 8.73. The first-order chi connectivity index (χ1) is 13.1. The van der Waals surface area contributed by atoms with Crippen LogP contribution in [0.1, 0.15) is 17.3 Å². The smallest absolute Gasteiger partial charge is 0.162 e. The van der Waals surface area contributed by atoms with Crippen molar-refractivity contribution >= 4 is 29.5 Å². The molecule has 1 atom stereocenters. The third kappa shape index (κ3) is 3.37. The van der Waals surface area contributed by atoms with Gasteiger partial charge in [0, 0.05) is 11.8 Å². The van der Waals surface area contributed by atoms with Crippen molar-refractivity contribution in [1.82, 2.24) is 0 Å². The number of anilines is 1. The molecule has 4 rings (SSSR count). The summed E-state index contributed by atoms with van der Waals surface area (Å²) in [5.41, 5.74) is 2.29. The molecule has 6 heteroatoms. The van der Waals surface area contributed by atoms with Crippen molar-refractivity contribution in [3.05, 3.63) is 88.9 Å². The van der Waals surface area contributed by atoms with Gasteiger partial charge in [0.1, 0.15) is 11.5 Å². The van der Waals surface area contributed by atoms with Crippen LogP contribution in [0.25, 0.3) is 0 Å². The van der Waals surface area contributed by atoms with Crippen LogP contribution in [0.4, 0.5) is 5.69 Å². The molecule has 1 unspecified atom stereocenters. The molecule has 0 spiro atoms. The molecule has 1 aliphatic heterocycles. The van der Waals surface area contributed by atoms with Crippen LogP contribution in [0.5, 0.6) is 11.5 Å². The Kier molecular flexibility index (Phi) is 4.52. The molecule has 0 bridgehead atoms. The summed E-state index contributed by atoms with van der Waals surface area (Å²) in [5, 5.41) is 20.0. The van der Waals surface area contributed by atoms with Crippen molar-refractivity contribution < 1.29 is 10.2 Å².